The second-order valence-electron chi connectivity index (χ2n) is 10.3. The Morgan fingerprint density at radius 2 is 1.80 bits per heavy atom. The zero-order chi connectivity index (χ0) is 29.3. The van der Waals surface area contributed by atoms with E-state index in [-0.39, 0.29) is 5.91 Å². The first-order valence-electron chi connectivity index (χ1n) is 13.0. The fraction of sp³-hybridized carbons (Fsp3) is 0.312. The lowest BCUT2D eigenvalue weighted by Gasteiger charge is -2.21. The van der Waals surface area contributed by atoms with E-state index in [1.807, 2.05) is 64.3 Å². The van der Waals surface area contributed by atoms with Crippen LogP contribution < -0.4 is 5.32 Å². The molecule has 0 saturated heterocycles. The minimum Gasteiger partial charge on any atom is -0.467 e. The molecule has 1 aromatic heterocycles. The lowest BCUT2D eigenvalue weighted by atomic mass is 9.92. The summed E-state index contributed by atoms with van der Waals surface area (Å²) in [5.41, 5.74) is 3.90. The Morgan fingerprint density at radius 1 is 1.05 bits per heavy atom. The number of rotatable bonds is 10. The number of pyridine rings is 1. The molecule has 0 saturated carbocycles. The maximum Gasteiger partial charge on any atom is 0.339 e. The van der Waals surface area contributed by atoms with Crippen molar-refractivity contribution in [3.05, 3.63) is 89.2 Å². The van der Waals surface area contributed by atoms with Gasteiger partial charge < -0.3 is 14.8 Å². The molecule has 0 radical (unpaired) electrons. The molecule has 0 unspecified atom stereocenters. The van der Waals surface area contributed by atoms with Gasteiger partial charge in [0.05, 0.1) is 12.7 Å². The van der Waals surface area contributed by atoms with Crippen LogP contribution in [0.3, 0.4) is 0 Å². The maximum absolute atomic E-state index is 13.5. The highest BCUT2D eigenvalue weighted by Crippen LogP contribution is 2.30. The Labute approximate surface area is 240 Å². The molecular weight excluding hydrogens is 524 g/mol. The predicted octanol–water partition coefficient (Wildman–Crippen LogP) is 5.96. The Bertz CT molecular complexity index is 1380. The standard InChI is InChI=1S/C32H36N2O5S/c1-21-10-7-8-12-24(21)27-19-22(13-14-25(27)29(35)34-28(15-17-40-6)31(37)38-5)18-26(23-11-9-16-33-20-23)30(36)39-32(2,3)4/h7-14,16,18-20,28H,15,17H2,1-6H3,(H,34,35)/b26-18+/t28-/m0/s1. The third kappa shape index (κ3) is 8.29. The first kappa shape index (κ1) is 30.6. The topological polar surface area (TPSA) is 94.6 Å². The summed E-state index contributed by atoms with van der Waals surface area (Å²) in [6.07, 6.45) is 7.38. The van der Waals surface area contributed by atoms with Crippen LogP contribution in [-0.2, 0) is 19.1 Å². The molecule has 0 aliphatic heterocycles. The van der Waals surface area contributed by atoms with E-state index in [0.29, 0.717) is 40.0 Å². The average Bonchev–Trinajstić information content (AvgIpc) is 2.93. The van der Waals surface area contributed by atoms with Crippen LogP contribution in [0.5, 0.6) is 0 Å². The highest BCUT2D eigenvalue weighted by molar-refractivity contribution is 7.98. The van der Waals surface area contributed by atoms with E-state index < -0.39 is 23.6 Å². The molecule has 0 aliphatic carbocycles. The number of benzene rings is 2. The Morgan fingerprint density at radius 3 is 2.42 bits per heavy atom. The number of esters is 2. The monoisotopic (exact) mass is 560 g/mol. The molecule has 0 aliphatic rings. The molecular formula is C32H36N2O5S. The zero-order valence-electron chi connectivity index (χ0n) is 23.8. The van der Waals surface area contributed by atoms with E-state index in [0.717, 1.165) is 11.1 Å². The third-order valence-corrected chi connectivity index (χ3v) is 6.67. The molecule has 1 N–H and O–H groups in total. The van der Waals surface area contributed by atoms with Crippen molar-refractivity contribution in [3.63, 3.8) is 0 Å². The predicted molar refractivity (Wildman–Crippen MR) is 161 cm³/mol. The molecule has 210 valence electrons. The van der Waals surface area contributed by atoms with Crippen LogP contribution in [-0.4, -0.2) is 53.6 Å². The lowest BCUT2D eigenvalue weighted by Crippen LogP contribution is -2.42. The Hall–Kier alpha value is -3.91. The molecule has 1 atom stereocenters. The van der Waals surface area contributed by atoms with Gasteiger partial charge in [0.1, 0.15) is 11.6 Å². The zero-order valence-corrected chi connectivity index (χ0v) is 24.6. The summed E-state index contributed by atoms with van der Waals surface area (Å²) in [6.45, 7) is 7.42. The first-order chi connectivity index (χ1) is 19.0. The summed E-state index contributed by atoms with van der Waals surface area (Å²) in [7, 11) is 1.31. The second kappa shape index (κ2) is 13.9. The van der Waals surface area contributed by atoms with Gasteiger partial charge in [-0.25, -0.2) is 9.59 Å². The van der Waals surface area contributed by atoms with Crippen LogP contribution in [0.25, 0.3) is 22.8 Å². The number of nitrogens with zero attached hydrogens (tertiary/aromatic N) is 1. The number of aromatic nitrogens is 1. The summed E-state index contributed by atoms with van der Waals surface area (Å²) < 4.78 is 10.6. The number of nitrogens with one attached hydrogen (secondary N) is 1. The fourth-order valence-electron chi connectivity index (χ4n) is 4.09. The van der Waals surface area contributed by atoms with Crippen LogP contribution >= 0.6 is 11.8 Å². The lowest BCUT2D eigenvalue weighted by molar-refractivity contribution is -0.147. The van der Waals surface area contributed by atoms with E-state index in [2.05, 4.69) is 10.3 Å². The fourth-order valence-corrected chi connectivity index (χ4v) is 4.56. The molecule has 1 amide bonds. The maximum atomic E-state index is 13.5. The van der Waals surface area contributed by atoms with Crippen LogP contribution in [0.1, 0.15) is 54.2 Å². The molecule has 2 aromatic carbocycles. The number of thioether (sulfide) groups is 1. The van der Waals surface area contributed by atoms with Gasteiger partial charge in [0.2, 0.25) is 0 Å². The SMILES string of the molecule is COC(=O)[C@H](CCSC)NC(=O)c1ccc(/C=C(/C(=O)OC(C)(C)C)c2cccnc2)cc1-c1ccccc1C. The molecule has 3 rings (SSSR count). The number of amides is 1. The van der Waals surface area contributed by atoms with Gasteiger partial charge in [0.25, 0.3) is 5.91 Å². The summed E-state index contributed by atoms with van der Waals surface area (Å²) in [6, 6.07) is 15.9. The summed E-state index contributed by atoms with van der Waals surface area (Å²) in [5.74, 6) is -0.659. The molecule has 0 bridgehead atoms. The number of aryl methyl sites for hydroxylation is 1. The van der Waals surface area contributed by atoms with Crippen molar-refractivity contribution in [1.82, 2.24) is 10.3 Å². The minimum absolute atomic E-state index is 0.346. The minimum atomic E-state index is -0.765. The molecule has 8 heteroatoms. The number of hydrogen-bond donors (Lipinski definition) is 1. The summed E-state index contributed by atoms with van der Waals surface area (Å²) >= 11 is 1.59. The van der Waals surface area contributed by atoms with Gasteiger partial charge in [0, 0.05) is 23.5 Å². The van der Waals surface area contributed by atoms with Gasteiger partial charge >= 0.3 is 11.9 Å². The molecule has 0 fully saturated rings. The average molecular weight is 561 g/mol. The van der Waals surface area contributed by atoms with Crippen LogP contribution in [0.15, 0.2) is 67.0 Å². The molecule has 40 heavy (non-hydrogen) atoms. The van der Waals surface area contributed by atoms with Gasteiger partial charge in [-0.1, -0.05) is 36.4 Å². The van der Waals surface area contributed by atoms with E-state index in [9.17, 15) is 14.4 Å². The normalized spacial score (nSPS) is 12.4. The van der Waals surface area contributed by atoms with Gasteiger partial charge in [-0.3, -0.25) is 9.78 Å². The first-order valence-corrected chi connectivity index (χ1v) is 14.4. The molecule has 7 nitrogen and oxygen atoms in total. The molecule has 3 aromatic rings. The number of carbonyl (C=O) groups is 3. The van der Waals surface area contributed by atoms with Crippen molar-refractivity contribution in [3.8, 4) is 11.1 Å². The van der Waals surface area contributed by atoms with E-state index in [4.69, 9.17) is 9.47 Å². The van der Waals surface area contributed by atoms with Gasteiger partial charge in [-0.15, -0.1) is 0 Å². The van der Waals surface area contributed by atoms with Gasteiger partial charge in [-0.2, -0.15) is 11.8 Å². The van der Waals surface area contributed by atoms with Gasteiger partial charge in [0.15, 0.2) is 0 Å². The Balaban J connectivity index is 2.12. The Kier molecular flexibility index (Phi) is 10.7. The van der Waals surface area contributed by atoms with Crippen molar-refractivity contribution in [2.45, 2.75) is 45.8 Å². The number of hydrogen-bond acceptors (Lipinski definition) is 7. The second-order valence-corrected chi connectivity index (χ2v) is 11.2. The van der Waals surface area contributed by atoms with Crippen molar-refractivity contribution >= 4 is 41.3 Å². The van der Waals surface area contributed by atoms with E-state index in [1.165, 1.54) is 7.11 Å². The number of carbonyl (C=O) groups excluding carboxylic acids is 3. The highest BCUT2D eigenvalue weighted by Gasteiger charge is 2.25. The summed E-state index contributed by atoms with van der Waals surface area (Å²) in [4.78, 5) is 43.3. The number of ether oxygens (including phenoxy) is 2. The van der Waals surface area contributed by atoms with Crippen LogP contribution in [0.2, 0.25) is 0 Å². The third-order valence-electron chi connectivity index (χ3n) is 6.03. The van der Waals surface area contributed by atoms with Crippen LogP contribution in [0, 0.1) is 6.92 Å². The van der Waals surface area contributed by atoms with E-state index >= 15 is 0 Å². The summed E-state index contributed by atoms with van der Waals surface area (Å²) in [5, 5.41) is 2.85. The van der Waals surface area contributed by atoms with Crippen molar-refractivity contribution in [2.75, 3.05) is 19.1 Å². The van der Waals surface area contributed by atoms with E-state index in [1.54, 1.807) is 54.5 Å². The van der Waals surface area contributed by atoms with Gasteiger partial charge in [-0.05, 0) is 92.7 Å². The van der Waals surface area contributed by atoms with Crippen molar-refractivity contribution in [1.29, 1.82) is 0 Å². The van der Waals surface area contributed by atoms with Crippen molar-refractivity contribution < 1.29 is 23.9 Å². The highest BCUT2D eigenvalue weighted by atomic mass is 32.2. The smallest absolute Gasteiger partial charge is 0.339 e. The number of methoxy groups -OCH3 is 1. The largest absolute Gasteiger partial charge is 0.467 e. The molecule has 0 spiro atoms. The molecule has 1 heterocycles. The van der Waals surface area contributed by atoms with Crippen molar-refractivity contribution in [2.24, 2.45) is 0 Å². The quantitative estimate of drug-likeness (QED) is 0.241. The van der Waals surface area contributed by atoms with Crippen LogP contribution in [0.4, 0.5) is 0 Å².